The first-order valence-electron chi connectivity index (χ1n) is 9.52. The highest BCUT2D eigenvalue weighted by atomic mass is 32.2. The SMILES string of the molecule is CCCN(CC1CC1)c1ncnc(Nc2c(C)cc(C)cc2C)c1SC. The van der Waals surface area contributed by atoms with Gasteiger partial charge in [-0.1, -0.05) is 24.6 Å². The van der Waals surface area contributed by atoms with Gasteiger partial charge >= 0.3 is 0 Å². The normalized spacial score (nSPS) is 13.7. The summed E-state index contributed by atoms with van der Waals surface area (Å²) in [4.78, 5) is 12.8. The van der Waals surface area contributed by atoms with Gasteiger partial charge in [-0.05, 0) is 63.3 Å². The van der Waals surface area contributed by atoms with Gasteiger partial charge in [-0.25, -0.2) is 9.97 Å². The van der Waals surface area contributed by atoms with Crippen LogP contribution in [0.1, 0.15) is 42.9 Å². The van der Waals surface area contributed by atoms with Gasteiger partial charge in [0.2, 0.25) is 0 Å². The number of rotatable bonds is 8. The molecule has 0 saturated heterocycles. The summed E-state index contributed by atoms with van der Waals surface area (Å²) in [6.07, 6.45) is 7.65. The van der Waals surface area contributed by atoms with Gasteiger partial charge in [0, 0.05) is 18.8 Å². The molecule has 1 aromatic carbocycles. The number of nitrogens with zero attached hydrogens (tertiary/aromatic N) is 3. The Hall–Kier alpha value is -1.75. The maximum absolute atomic E-state index is 4.66. The van der Waals surface area contributed by atoms with Crippen molar-refractivity contribution in [1.82, 2.24) is 9.97 Å². The van der Waals surface area contributed by atoms with Gasteiger partial charge in [-0.3, -0.25) is 0 Å². The Morgan fingerprint density at radius 1 is 1.15 bits per heavy atom. The van der Waals surface area contributed by atoms with Crippen molar-refractivity contribution >= 4 is 29.1 Å². The number of thioether (sulfide) groups is 1. The van der Waals surface area contributed by atoms with Crippen LogP contribution in [0.4, 0.5) is 17.3 Å². The number of aryl methyl sites for hydroxylation is 3. The molecule has 1 N–H and O–H groups in total. The first kappa shape index (κ1) is 19.0. The van der Waals surface area contributed by atoms with Crippen LogP contribution in [0.25, 0.3) is 0 Å². The second-order valence-corrected chi connectivity index (χ2v) is 8.18. The number of benzene rings is 1. The molecular weight excluding hydrogens is 340 g/mol. The molecule has 1 heterocycles. The second kappa shape index (κ2) is 8.30. The molecule has 0 atom stereocenters. The zero-order chi connectivity index (χ0) is 18.7. The Morgan fingerprint density at radius 3 is 2.42 bits per heavy atom. The van der Waals surface area contributed by atoms with Crippen LogP contribution in [0.15, 0.2) is 23.4 Å². The predicted molar refractivity (Wildman–Crippen MR) is 113 cm³/mol. The van der Waals surface area contributed by atoms with Gasteiger partial charge in [-0.2, -0.15) is 0 Å². The molecule has 3 rings (SSSR count). The lowest BCUT2D eigenvalue weighted by Crippen LogP contribution is -2.28. The lowest BCUT2D eigenvalue weighted by molar-refractivity contribution is 0.691. The number of nitrogens with one attached hydrogen (secondary N) is 1. The van der Waals surface area contributed by atoms with E-state index >= 15 is 0 Å². The van der Waals surface area contributed by atoms with Crippen molar-refractivity contribution in [3.05, 3.63) is 35.2 Å². The summed E-state index contributed by atoms with van der Waals surface area (Å²) in [7, 11) is 0. The van der Waals surface area contributed by atoms with Crippen molar-refractivity contribution in [2.75, 3.05) is 29.6 Å². The number of hydrogen-bond donors (Lipinski definition) is 1. The van der Waals surface area contributed by atoms with Crippen LogP contribution in [0.3, 0.4) is 0 Å². The monoisotopic (exact) mass is 370 g/mol. The fourth-order valence-electron chi connectivity index (χ4n) is 3.53. The van der Waals surface area contributed by atoms with Crippen LogP contribution in [0, 0.1) is 26.7 Å². The molecule has 0 unspecified atom stereocenters. The largest absolute Gasteiger partial charge is 0.355 e. The average Bonchev–Trinajstić information content (AvgIpc) is 3.41. The van der Waals surface area contributed by atoms with Crippen LogP contribution in [0.2, 0.25) is 0 Å². The van der Waals surface area contributed by atoms with E-state index in [0.717, 1.165) is 47.6 Å². The molecule has 0 radical (unpaired) electrons. The van der Waals surface area contributed by atoms with Gasteiger partial charge < -0.3 is 10.2 Å². The highest BCUT2D eigenvalue weighted by Crippen LogP contribution is 2.38. The highest BCUT2D eigenvalue weighted by molar-refractivity contribution is 7.99. The third-order valence-electron chi connectivity index (χ3n) is 4.88. The van der Waals surface area contributed by atoms with Crippen LogP contribution >= 0.6 is 11.8 Å². The maximum atomic E-state index is 4.66. The van der Waals surface area contributed by atoms with Crippen molar-refractivity contribution in [2.45, 2.75) is 51.9 Å². The molecule has 2 aromatic rings. The summed E-state index contributed by atoms with van der Waals surface area (Å²) in [5, 5.41) is 3.59. The van der Waals surface area contributed by atoms with Crippen molar-refractivity contribution < 1.29 is 0 Å². The minimum atomic E-state index is 0.837. The molecule has 1 aliphatic carbocycles. The van der Waals surface area contributed by atoms with Crippen LogP contribution in [0.5, 0.6) is 0 Å². The fourth-order valence-corrected chi connectivity index (χ4v) is 4.19. The molecule has 140 valence electrons. The predicted octanol–water partition coefficient (Wildman–Crippen LogP) is 5.49. The molecule has 0 spiro atoms. The fraction of sp³-hybridized carbons (Fsp3) is 0.524. The summed E-state index contributed by atoms with van der Waals surface area (Å²) in [6.45, 7) is 10.8. The van der Waals surface area contributed by atoms with E-state index in [2.05, 4.69) is 66.3 Å². The minimum absolute atomic E-state index is 0.837. The Labute approximate surface area is 161 Å². The zero-order valence-corrected chi connectivity index (χ0v) is 17.4. The smallest absolute Gasteiger partial charge is 0.149 e. The van der Waals surface area contributed by atoms with E-state index in [0.29, 0.717) is 0 Å². The van der Waals surface area contributed by atoms with E-state index in [-0.39, 0.29) is 0 Å². The van der Waals surface area contributed by atoms with Gasteiger partial charge in [0.1, 0.15) is 18.0 Å². The number of hydrogen-bond acceptors (Lipinski definition) is 5. The zero-order valence-electron chi connectivity index (χ0n) is 16.6. The van der Waals surface area contributed by atoms with E-state index in [1.54, 1.807) is 18.1 Å². The van der Waals surface area contributed by atoms with E-state index < -0.39 is 0 Å². The van der Waals surface area contributed by atoms with Gasteiger partial charge in [0.15, 0.2) is 0 Å². The Bertz CT molecular complexity index is 748. The molecule has 1 fully saturated rings. The Balaban J connectivity index is 1.95. The third-order valence-corrected chi connectivity index (χ3v) is 5.66. The Kier molecular flexibility index (Phi) is 6.07. The Morgan fingerprint density at radius 2 is 1.85 bits per heavy atom. The van der Waals surface area contributed by atoms with Crippen molar-refractivity contribution in [3.8, 4) is 0 Å². The standard InChI is InChI=1S/C21H30N4S/c1-6-9-25(12-17-7-8-17)21-19(26-5)20(22-13-23-21)24-18-15(3)10-14(2)11-16(18)4/h10-11,13,17H,6-9,12H2,1-5H3,(H,22,23,24). The molecule has 1 saturated carbocycles. The average molecular weight is 371 g/mol. The summed E-state index contributed by atoms with van der Waals surface area (Å²) in [5.74, 6) is 2.82. The number of anilines is 3. The minimum Gasteiger partial charge on any atom is -0.355 e. The highest BCUT2D eigenvalue weighted by Gasteiger charge is 2.26. The second-order valence-electron chi connectivity index (χ2n) is 7.37. The summed E-state index contributed by atoms with van der Waals surface area (Å²) < 4.78 is 0. The first-order valence-corrected chi connectivity index (χ1v) is 10.7. The van der Waals surface area contributed by atoms with Crippen LogP contribution in [-0.2, 0) is 0 Å². The summed E-state index contributed by atoms with van der Waals surface area (Å²) in [6, 6.07) is 4.43. The van der Waals surface area contributed by atoms with Crippen molar-refractivity contribution in [2.24, 2.45) is 5.92 Å². The molecule has 0 bridgehead atoms. The van der Waals surface area contributed by atoms with E-state index in [1.165, 1.54) is 29.5 Å². The summed E-state index contributed by atoms with van der Waals surface area (Å²) >= 11 is 1.73. The molecule has 1 aromatic heterocycles. The topological polar surface area (TPSA) is 41.1 Å². The maximum Gasteiger partial charge on any atom is 0.149 e. The van der Waals surface area contributed by atoms with Crippen molar-refractivity contribution in [3.63, 3.8) is 0 Å². The van der Waals surface area contributed by atoms with E-state index in [4.69, 9.17) is 0 Å². The molecule has 26 heavy (non-hydrogen) atoms. The lowest BCUT2D eigenvalue weighted by Gasteiger charge is -2.26. The molecule has 4 nitrogen and oxygen atoms in total. The molecule has 5 heteroatoms. The molecule has 0 aliphatic heterocycles. The molecule has 1 aliphatic rings. The number of aromatic nitrogens is 2. The first-order chi connectivity index (χ1) is 12.5. The van der Waals surface area contributed by atoms with Gasteiger partial charge in [-0.15, -0.1) is 11.8 Å². The molecular formula is C21H30N4S. The van der Waals surface area contributed by atoms with Crippen LogP contribution < -0.4 is 10.2 Å². The van der Waals surface area contributed by atoms with Gasteiger partial charge in [0.05, 0.1) is 4.90 Å². The van der Waals surface area contributed by atoms with E-state index in [9.17, 15) is 0 Å². The van der Waals surface area contributed by atoms with Crippen LogP contribution in [-0.4, -0.2) is 29.3 Å². The lowest BCUT2D eigenvalue weighted by atomic mass is 10.1. The molecule has 0 amide bonds. The third kappa shape index (κ3) is 4.32. The van der Waals surface area contributed by atoms with Crippen molar-refractivity contribution in [1.29, 1.82) is 0 Å². The van der Waals surface area contributed by atoms with Gasteiger partial charge in [0.25, 0.3) is 0 Å². The van der Waals surface area contributed by atoms with E-state index in [1.807, 2.05) is 0 Å². The quantitative estimate of drug-likeness (QED) is 0.622. The summed E-state index contributed by atoms with van der Waals surface area (Å²) in [5.41, 5.74) is 4.94.